The summed E-state index contributed by atoms with van der Waals surface area (Å²) in [4.78, 5) is 0. The molecule has 0 atom stereocenters. The van der Waals surface area contributed by atoms with Crippen LogP contribution in [-0.2, 0) is 0 Å². The van der Waals surface area contributed by atoms with Crippen molar-refractivity contribution >= 4 is 61.9 Å². The molecule has 0 bridgehead atoms. The van der Waals surface area contributed by atoms with Gasteiger partial charge in [-0.3, -0.25) is 0 Å². The summed E-state index contributed by atoms with van der Waals surface area (Å²) in [6.45, 7) is 2.16. The second-order valence-corrected chi connectivity index (χ2v) is 6.44. The Morgan fingerprint density at radius 1 is 0.889 bits per heavy atom. The third-order valence-electron chi connectivity index (χ3n) is 3.55. The summed E-state index contributed by atoms with van der Waals surface area (Å²) in [5.74, 6) is 2.32. The molecule has 3 rings (SSSR count). The van der Waals surface area contributed by atoms with Crippen LogP contribution in [-0.4, -0.2) is 31.5 Å². The summed E-state index contributed by atoms with van der Waals surface area (Å²) in [6, 6.07) is 15.6. The fourth-order valence-corrected chi connectivity index (χ4v) is 4.29. The predicted octanol–water partition coefficient (Wildman–Crippen LogP) is 2.47. The molecule has 0 saturated carbocycles. The Bertz CT molecular complexity index is 745. The van der Waals surface area contributed by atoms with Crippen molar-refractivity contribution in [2.75, 3.05) is 0 Å². The lowest BCUT2D eigenvalue weighted by Crippen LogP contribution is -2.20. The van der Waals surface area contributed by atoms with Gasteiger partial charge in [0, 0.05) is 0 Å². The van der Waals surface area contributed by atoms with E-state index in [1.807, 2.05) is 0 Å². The minimum absolute atomic E-state index is 0.316. The molecule has 0 fully saturated rings. The number of hydrogen-bond donors (Lipinski definition) is 0. The summed E-state index contributed by atoms with van der Waals surface area (Å²) >= 11 is 3.25. The van der Waals surface area contributed by atoms with Crippen LogP contribution in [0.15, 0.2) is 42.5 Å². The van der Waals surface area contributed by atoms with E-state index in [0.29, 0.717) is 15.2 Å². The maximum absolute atomic E-state index is 2.93. The lowest BCUT2D eigenvalue weighted by molar-refractivity contribution is 1.51. The predicted molar refractivity (Wildman–Crippen MR) is 82.8 cm³/mol. The lowest BCUT2D eigenvalue weighted by Gasteiger charge is -2.15. The van der Waals surface area contributed by atoms with Crippen LogP contribution >= 0.6 is 0 Å². The zero-order chi connectivity index (χ0) is 12.7. The number of benzene rings is 3. The molecule has 3 aromatic carbocycles. The third kappa shape index (κ3) is 1.82. The highest BCUT2D eigenvalue weighted by molar-refractivity contribution is 6.62. The van der Waals surface area contributed by atoms with Gasteiger partial charge < -0.3 is 0 Å². The molecule has 0 aromatic heterocycles. The smallest absolute Gasteiger partial charge is 0.124 e. The van der Waals surface area contributed by atoms with Gasteiger partial charge in [-0.15, -0.1) is 14.6 Å². The molecular weight excluding hydrogens is 246 g/mol. The first-order chi connectivity index (χ1) is 8.72. The van der Waals surface area contributed by atoms with Gasteiger partial charge in [0.2, 0.25) is 15.2 Å². The molecule has 0 aliphatic carbocycles. The molecule has 0 N–H and O–H groups in total. The Kier molecular flexibility index (Phi) is 3.23. The maximum atomic E-state index is 2.93. The van der Waals surface area contributed by atoms with E-state index in [0.717, 1.165) is 0 Å². The van der Waals surface area contributed by atoms with E-state index in [-0.39, 0.29) is 0 Å². The average molecular weight is 259 g/mol. The second-order valence-electron chi connectivity index (χ2n) is 4.71. The summed E-state index contributed by atoms with van der Waals surface area (Å²) in [6.07, 6.45) is 0. The maximum Gasteiger partial charge on any atom is 0.249 e. The summed E-state index contributed by atoms with van der Waals surface area (Å²) in [5, 5.41) is 5.63. The van der Waals surface area contributed by atoms with Gasteiger partial charge in [0.15, 0.2) is 16.3 Å². The molecule has 0 aliphatic heterocycles. The van der Waals surface area contributed by atoms with Crippen molar-refractivity contribution in [1.82, 2.24) is 0 Å². The summed E-state index contributed by atoms with van der Waals surface area (Å²) in [5.41, 5.74) is 1.33. The molecule has 0 nitrogen and oxygen atoms in total. The summed E-state index contributed by atoms with van der Waals surface area (Å²) < 4.78 is 2.88. The van der Waals surface area contributed by atoms with E-state index < -0.39 is 0 Å². The quantitative estimate of drug-likeness (QED) is 0.465. The third-order valence-corrected chi connectivity index (χ3v) is 5.37. The Balaban J connectivity index is 2.61. The Morgan fingerprint density at radius 2 is 1.56 bits per heavy atom. The van der Waals surface area contributed by atoms with Gasteiger partial charge >= 0.3 is 0 Å². The minimum Gasteiger partial charge on any atom is -0.124 e. The molecular formula is C16H13Al2. The molecule has 0 amide bonds. The molecule has 0 spiro atoms. The summed E-state index contributed by atoms with van der Waals surface area (Å²) in [7, 11) is 0. The van der Waals surface area contributed by atoms with Crippen LogP contribution < -0.4 is 8.85 Å². The Morgan fingerprint density at radius 3 is 2.28 bits per heavy atom. The van der Waals surface area contributed by atoms with Gasteiger partial charge in [0.1, 0.15) is 0 Å². The first kappa shape index (κ1) is 12.3. The number of aryl methyl sites for hydroxylation is 1. The zero-order valence-electron chi connectivity index (χ0n) is 10.7. The van der Waals surface area contributed by atoms with Gasteiger partial charge in [-0.05, 0) is 28.5 Å². The molecule has 0 saturated heterocycles. The molecule has 0 heterocycles. The first-order valence-electron chi connectivity index (χ1n) is 6.22. The number of rotatable bonds is 1. The van der Waals surface area contributed by atoms with E-state index in [2.05, 4.69) is 71.5 Å². The highest BCUT2D eigenvalue weighted by Crippen LogP contribution is 2.19. The van der Waals surface area contributed by atoms with Gasteiger partial charge in [0.05, 0.1) is 0 Å². The van der Waals surface area contributed by atoms with E-state index >= 15 is 0 Å². The molecule has 0 aliphatic rings. The Labute approximate surface area is 122 Å². The van der Waals surface area contributed by atoms with Crippen LogP contribution in [0.3, 0.4) is 0 Å². The van der Waals surface area contributed by atoms with Crippen molar-refractivity contribution in [3.8, 4) is 0 Å². The van der Waals surface area contributed by atoms with Crippen LogP contribution in [0.1, 0.15) is 5.56 Å². The van der Waals surface area contributed by atoms with Crippen LogP contribution in [0.4, 0.5) is 0 Å². The zero-order valence-corrected chi connectivity index (χ0v) is 13.0. The van der Waals surface area contributed by atoms with E-state index in [1.54, 1.807) is 4.43 Å². The number of fused-ring (bicyclic) bond motifs is 2. The first-order valence-corrected chi connectivity index (χ1v) is 8.53. The van der Waals surface area contributed by atoms with Crippen LogP contribution in [0.5, 0.6) is 0 Å². The fraction of sp³-hybridized carbons (Fsp3) is 0.125. The van der Waals surface area contributed by atoms with Crippen molar-refractivity contribution in [3.63, 3.8) is 0 Å². The van der Waals surface area contributed by atoms with E-state index in [9.17, 15) is 0 Å². The van der Waals surface area contributed by atoms with E-state index in [1.165, 1.54) is 31.5 Å². The standard InChI is InChI=1S/C15H10.CH3.2Al/c1-11-6-7-14-9-12-4-2-3-5-13(12)10-15(14)8-11;;;/h2-8H,1H3;1H3;;. The van der Waals surface area contributed by atoms with Crippen LogP contribution in [0.2, 0.25) is 5.79 Å². The largest absolute Gasteiger partial charge is 0.249 e. The highest BCUT2D eigenvalue weighted by atomic mass is 27.1. The molecule has 3 aromatic rings. The van der Waals surface area contributed by atoms with Gasteiger partial charge in [-0.1, -0.05) is 48.0 Å². The molecule has 83 valence electrons. The molecule has 0 unspecified atom stereocenters. The van der Waals surface area contributed by atoms with Crippen LogP contribution in [0.25, 0.3) is 21.5 Å². The van der Waals surface area contributed by atoms with Gasteiger partial charge in [-0.2, -0.15) is 0 Å². The van der Waals surface area contributed by atoms with Crippen molar-refractivity contribution in [1.29, 1.82) is 0 Å². The van der Waals surface area contributed by atoms with E-state index in [4.69, 9.17) is 0 Å². The lowest BCUT2D eigenvalue weighted by atomic mass is 10.0. The second kappa shape index (κ2) is 4.73. The Hall–Kier alpha value is -0.755. The SMILES string of the molecule is [CH3][Al][c]1c2ccccc2[c]([Al])c2cc(C)ccc12. The normalized spacial score (nSPS) is 11.0. The van der Waals surface area contributed by atoms with Crippen molar-refractivity contribution in [3.05, 3.63) is 48.0 Å². The molecule has 18 heavy (non-hydrogen) atoms. The van der Waals surface area contributed by atoms with Crippen molar-refractivity contribution in [2.24, 2.45) is 0 Å². The highest BCUT2D eigenvalue weighted by Gasteiger charge is 2.08. The number of hydrogen-bond acceptors (Lipinski definition) is 0. The van der Waals surface area contributed by atoms with Crippen molar-refractivity contribution in [2.45, 2.75) is 12.7 Å². The average Bonchev–Trinajstić information content (AvgIpc) is 2.40. The van der Waals surface area contributed by atoms with Gasteiger partial charge in [-0.25, -0.2) is 0 Å². The monoisotopic (exact) mass is 259 g/mol. The molecule has 2 heteroatoms. The topological polar surface area (TPSA) is 0 Å². The fourth-order valence-electron chi connectivity index (χ4n) is 2.67. The van der Waals surface area contributed by atoms with Gasteiger partial charge in [0.25, 0.3) is 0 Å². The molecule has 3 radical (unpaired) electrons. The van der Waals surface area contributed by atoms with Crippen molar-refractivity contribution < 1.29 is 0 Å². The van der Waals surface area contributed by atoms with Crippen LogP contribution in [0, 0.1) is 6.92 Å². The minimum atomic E-state index is 0.316.